The first-order valence-corrected chi connectivity index (χ1v) is 7.13. The molecule has 1 fully saturated rings. The smallest absolute Gasteiger partial charge is 0.323 e. The zero-order valence-electron chi connectivity index (χ0n) is 10.2. The minimum absolute atomic E-state index is 0.140. The van der Waals surface area contributed by atoms with Crippen LogP contribution in [-0.2, 0) is 20.3 Å². The van der Waals surface area contributed by atoms with Crippen LogP contribution in [0.2, 0.25) is 0 Å². The second-order valence-corrected chi connectivity index (χ2v) is 5.82. The highest BCUT2D eigenvalue weighted by atomic mass is 32.2. The molecule has 1 aliphatic rings. The van der Waals surface area contributed by atoms with Crippen LogP contribution in [0, 0.1) is 11.6 Å². The van der Waals surface area contributed by atoms with Crippen LogP contribution >= 0.6 is 0 Å². The Morgan fingerprint density at radius 3 is 2.53 bits per heavy atom. The summed E-state index contributed by atoms with van der Waals surface area (Å²) in [5.74, 6) is -1.60. The maximum absolute atomic E-state index is 13.2. The summed E-state index contributed by atoms with van der Waals surface area (Å²) >= 11 is 0. The molecule has 0 saturated carbocycles. The second-order valence-electron chi connectivity index (χ2n) is 4.27. The quantitative estimate of drug-likeness (QED) is 0.822. The SMILES string of the molecule is COC(=O)C1CS(=O)CC(c2cc(F)cc(F)c2)N1. The van der Waals surface area contributed by atoms with Crippen LogP contribution in [-0.4, -0.2) is 34.8 Å². The number of methoxy groups -OCH3 is 1. The van der Waals surface area contributed by atoms with Crippen molar-refractivity contribution in [1.29, 1.82) is 0 Å². The molecule has 2 rings (SSSR count). The Kier molecular flexibility index (Phi) is 4.26. The van der Waals surface area contributed by atoms with Gasteiger partial charge in [-0.15, -0.1) is 0 Å². The first-order chi connectivity index (χ1) is 8.99. The first-order valence-electron chi connectivity index (χ1n) is 5.64. The molecule has 1 aromatic carbocycles. The number of hydrogen-bond donors (Lipinski definition) is 1. The van der Waals surface area contributed by atoms with Gasteiger partial charge in [0.1, 0.15) is 17.7 Å². The first kappa shape index (κ1) is 14.1. The molecule has 0 amide bonds. The van der Waals surface area contributed by atoms with E-state index in [1.165, 1.54) is 7.11 Å². The lowest BCUT2D eigenvalue weighted by atomic mass is 10.1. The summed E-state index contributed by atoms with van der Waals surface area (Å²) in [6.45, 7) is 0. The number of carbonyl (C=O) groups is 1. The third-order valence-electron chi connectivity index (χ3n) is 2.88. The Bertz CT molecular complexity index is 503. The normalized spacial score (nSPS) is 27.0. The van der Waals surface area contributed by atoms with Gasteiger partial charge in [0.05, 0.1) is 7.11 Å². The van der Waals surface area contributed by atoms with Gasteiger partial charge in [-0.2, -0.15) is 0 Å². The van der Waals surface area contributed by atoms with E-state index in [2.05, 4.69) is 10.1 Å². The zero-order valence-corrected chi connectivity index (χ0v) is 11.0. The molecule has 1 N–H and O–H groups in total. The minimum atomic E-state index is -1.24. The van der Waals surface area contributed by atoms with Crippen LogP contribution in [0.15, 0.2) is 18.2 Å². The van der Waals surface area contributed by atoms with E-state index in [0.717, 1.165) is 18.2 Å². The van der Waals surface area contributed by atoms with Gasteiger partial charge in [0.15, 0.2) is 0 Å². The van der Waals surface area contributed by atoms with Crippen LogP contribution in [0.5, 0.6) is 0 Å². The average molecular weight is 289 g/mol. The van der Waals surface area contributed by atoms with Crippen molar-refractivity contribution in [2.45, 2.75) is 12.1 Å². The molecule has 0 aliphatic carbocycles. The van der Waals surface area contributed by atoms with Gasteiger partial charge in [-0.05, 0) is 17.7 Å². The van der Waals surface area contributed by atoms with E-state index in [-0.39, 0.29) is 11.5 Å². The minimum Gasteiger partial charge on any atom is -0.468 e. The fraction of sp³-hybridized carbons (Fsp3) is 0.417. The summed E-state index contributed by atoms with van der Waals surface area (Å²) < 4.78 is 42.6. The summed E-state index contributed by atoms with van der Waals surface area (Å²) in [5.41, 5.74) is 0.333. The van der Waals surface area contributed by atoms with Crippen LogP contribution in [0.3, 0.4) is 0 Å². The third-order valence-corrected chi connectivity index (χ3v) is 4.29. The highest BCUT2D eigenvalue weighted by molar-refractivity contribution is 7.85. The molecule has 0 radical (unpaired) electrons. The highest BCUT2D eigenvalue weighted by Gasteiger charge is 2.32. The third kappa shape index (κ3) is 3.36. The molecular formula is C12H13F2NO3S. The zero-order chi connectivity index (χ0) is 14.0. The summed E-state index contributed by atoms with van der Waals surface area (Å²) in [6, 6.07) is 1.83. The van der Waals surface area contributed by atoms with Crippen molar-refractivity contribution < 1.29 is 22.5 Å². The molecule has 1 saturated heterocycles. The van der Waals surface area contributed by atoms with Gasteiger partial charge in [-0.25, -0.2) is 8.78 Å². The Morgan fingerprint density at radius 2 is 1.95 bits per heavy atom. The molecule has 7 heteroatoms. The highest BCUT2D eigenvalue weighted by Crippen LogP contribution is 2.21. The molecule has 1 heterocycles. The van der Waals surface area contributed by atoms with Crippen LogP contribution in [0.1, 0.15) is 11.6 Å². The Morgan fingerprint density at radius 1 is 1.32 bits per heavy atom. The average Bonchev–Trinajstić information content (AvgIpc) is 2.36. The number of ether oxygens (including phenoxy) is 1. The molecule has 0 aromatic heterocycles. The van der Waals surface area contributed by atoms with Crippen molar-refractivity contribution in [3.63, 3.8) is 0 Å². The van der Waals surface area contributed by atoms with E-state index in [4.69, 9.17) is 0 Å². The molecule has 4 nitrogen and oxygen atoms in total. The van der Waals surface area contributed by atoms with Gasteiger partial charge in [0.2, 0.25) is 0 Å². The van der Waals surface area contributed by atoms with Gasteiger partial charge in [0.25, 0.3) is 0 Å². The lowest BCUT2D eigenvalue weighted by molar-refractivity contribution is -0.142. The Hall–Kier alpha value is -1.34. The Labute approximate surface area is 111 Å². The van der Waals surface area contributed by atoms with E-state index in [1.807, 2.05) is 0 Å². The number of hydrogen-bond acceptors (Lipinski definition) is 4. The maximum atomic E-state index is 13.2. The number of benzene rings is 1. The molecule has 1 aromatic rings. The van der Waals surface area contributed by atoms with Crippen LogP contribution in [0.25, 0.3) is 0 Å². The summed E-state index contributed by atoms with van der Waals surface area (Å²) in [4.78, 5) is 11.5. The van der Waals surface area contributed by atoms with Crippen molar-refractivity contribution in [3.8, 4) is 0 Å². The van der Waals surface area contributed by atoms with Crippen molar-refractivity contribution >= 4 is 16.8 Å². The van der Waals surface area contributed by atoms with Crippen molar-refractivity contribution in [3.05, 3.63) is 35.4 Å². The molecule has 19 heavy (non-hydrogen) atoms. The van der Waals surface area contributed by atoms with E-state index in [9.17, 15) is 17.8 Å². The number of esters is 1. The Balaban J connectivity index is 2.23. The van der Waals surface area contributed by atoms with Gasteiger partial charge >= 0.3 is 5.97 Å². The van der Waals surface area contributed by atoms with Crippen LogP contribution < -0.4 is 5.32 Å². The molecule has 1 aliphatic heterocycles. The maximum Gasteiger partial charge on any atom is 0.323 e. The summed E-state index contributed by atoms with van der Waals surface area (Å²) in [6.07, 6.45) is 0. The standard InChI is InChI=1S/C12H13F2NO3S/c1-18-12(16)11-6-19(17)5-10(15-11)7-2-8(13)4-9(14)3-7/h2-4,10-11,15H,5-6H2,1H3. The fourth-order valence-electron chi connectivity index (χ4n) is 2.03. The molecule has 0 bridgehead atoms. The monoisotopic (exact) mass is 289 g/mol. The van der Waals surface area contributed by atoms with Crippen molar-refractivity contribution in [1.82, 2.24) is 5.32 Å². The van der Waals surface area contributed by atoms with Gasteiger partial charge < -0.3 is 4.74 Å². The molecule has 0 spiro atoms. The fourth-order valence-corrected chi connectivity index (χ4v) is 3.43. The number of rotatable bonds is 2. The van der Waals surface area contributed by atoms with Gasteiger partial charge in [-0.3, -0.25) is 14.3 Å². The van der Waals surface area contributed by atoms with Gasteiger partial charge in [-0.1, -0.05) is 0 Å². The molecule has 3 unspecified atom stereocenters. The molecule has 3 atom stereocenters. The largest absolute Gasteiger partial charge is 0.468 e. The van der Waals surface area contributed by atoms with E-state index < -0.39 is 40.5 Å². The van der Waals surface area contributed by atoms with E-state index in [0.29, 0.717) is 5.56 Å². The number of halogens is 2. The molecular weight excluding hydrogens is 276 g/mol. The van der Waals surface area contributed by atoms with Crippen molar-refractivity contribution in [2.24, 2.45) is 0 Å². The summed E-state index contributed by atoms with van der Waals surface area (Å²) in [5, 5.41) is 2.90. The lowest BCUT2D eigenvalue weighted by Crippen LogP contribution is -2.49. The predicted octanol–water partition coefficient (Wildman–Crippen LogP) is 0.899. The topological polar surface area (TPSA) is 55.4 Å². The van der Waals surface area contributed by atoms with Crippen molar-refractivity contribution in [2.75, 3.05) is 18.6 Å². The van der Waals surface area contributed by atoms with Crippen LogP contribution in [0.4, 0.5) is 8.78 Å². The van der Waals surface area contributed by atoms with E-state index >= 15 is 0 Å². The number of nitrogens with one attached hydrogen (secondary N) is 1. The van der Waals surface area contributed by atoms with Gasteiger partial charge in [0, 0.05) is 34.4 Å². The predicted molar refractivity (Wildman–Crippen MR) is 65.9 cm³/mol. The van der Waals surface area contributed by atoms with E-state index in [1.54, 1.807) is 0 Å². The molecule has 104 valence electrons. The second kappa shape index (κ2) is 5.75. The number of carbonyl (C=O) groups excluding carboxylic acids is 1. The lowest BCUT2D eigenvalue weighted by Gasteiger charge is -2.29. The summed E-state index contributed by atoms with van der Waals surface area (Å²) in [7, 11) is -0.00995.